The summed E-state index contributed by atoms with van der Waals surface area (Å²) in [6, 6.07) is 0. The van der Waals surface area contributed by atoms with E-state index in [1.807, 2.05) is 0 Å². The van der Waals surface area contributed by atoms with Gasteiger partial charge in [0.15, 0.2) is 5.12 Å². The van der Waals surface area contributed by atoms with E-state index in [0.29, 0.717) is 18.8 Å². The van der Waals surface area contributed by atoms with Crippen molar-refractivity contribution in [1.29, 1.82) is 0 Å². The third kappa shape index (κ3) is 7.60. The quantitative estimate of drug-likeness (QED) is 0.484. The van der Waals surface area contributed by atoms with Gasteiger partial charge in [-0.05, 0) is 13.3 Å². The van der Waals surface area contributed by atoms with Crippen LogP contribution in [-0.4, -0.2) is 23.4 Å². The second-order valence-corrected chi connectivity index (χ2v) is 3.36. The molecule has 0 saturated carbocycles. The van der Waals surface area contributed by atoms with E-state index in [4.69, 9.17) is 0 Å². The number of carbonyl (C=O) groups is 2. The molecule has 0 N–H and O–H groups in total. The topological polar surface area (TPSA) is 43.4 Å². The lowest BCUT2D eigenvalue weighted by Gasteiger charge is -1.99. The minimum Gasteiger partial charge on any atom is -0.466 e. The van der Waals surface area contributed by atoms with E-state index < -0.39 is 0 Å². The molecule has 0 saturated heterocycles. The molecule has 0 rings (SSSR count). The highest BCUT2D eigenvalue weighted by atomic mass is 32.2. The zero-order valence-electron chi connectivity index (χ0n) is 7.33. The SMILES string of the molecule is CCOC(=O)[CH]CCSC(C)=O. The minimum atomic E-state index is -0.304. The van der Waals surface area contributed by atoms with Crippen molar-refractivity contribution < 1.29 is 14.3 Å². The summed E-state index contributed by atoms with van der Waals surface area (Å²) in [4.78, 5) is 21.2. The van der Waals surface area contributed by atoms with E-state index in [9.17, 15) is 9.59 Å². The number of rotatable bonds is 5. The van der Waals surface area contributed by atoms with Gasteiger partial charge in [0.05, 0.1) is 13.0 Å². The number of ether oxygens (including phenoxy) is 1. The van der Waals surface area contributed by atoms with E-state index in [1.54, 1.807) is 6.92 Å². The maximum Gasteiger partial charge on any atom is 0.309 e. The lowest BCUT2D eigenvalue weighted by molar-refractivity contribution is -0.139. The summed E-state index contributed by atoms with van der Waals surface area (Å²) in [7, 11) is 0. The molecule has 0 aromatic carbocycles. The zero-order valence-corrected chi connectivity index (χ0v) is 8.15. The maximum atomic E-state index is 10.7. The van der Waals surface area contributed by atoms with Crippen LogP contribution < -0.4 is 0 Å². The zero-order chi connectivity index (χ0) is 9.40. The normalized spacial score (nSPS) is 9.50. The van der Waals surface area contributed by atoms with Crippen LogP contribution in [0.1, 0.15) is 20.3 Å². The molecule has 3 nitrogen and oxygen atoms in total. The first-order valence-corrected chi connectivity index (χ1v) is 4.78. The van der Waals surface area contributed by atoms with Gasteiger partial charge in [0, 0.05) is 12.7 Å². The Morgan fingerprint density at radius 1 is 1.50 bits per heavy atom. The fourth-order valence-electron chi connectivity index (χ4n) is 0.581. The maximum absolute atomic E-state index is 10.7. The smallest absolute Gasteiger partial charge is 0.309 e. The molecule has 0 spiro atoms. The van der Waals surface area contributed by atoms with Crippen LogP contribution in [0.15, 0.2) is 0 Å². The average molecular weight is 189 g/mol. The van der Waals surface area contributed by atoms with Gasteiger partial charge in [-0.1, -0.05) is 11.8 Å². The van der Waals surface area contributed by atoms with E-state index in [1.165, 1.54) is 25.1 Å². The Balaban J connectivity index is 3.19. The fourth-order valence-corrected chi connectivity index (χ4v) is 1.10. The molecule has 0 atom stereocenters. The molecule has 0 aliphatic heterocycles. The van der Waals surface area contributed by atoms with Gasteiger partial charge in [0.25, 0.3) is 0 Å². The standard InChI is InChI=1S/C8H13O3S/c1-3-11-8(10)5-4-6-12-7(2)9/h5H,3-4,6H2,1-2H3. The Hall–Kier alpha value is -0.510. The molecular formula is C8H13O3S. The summed E-state index contributed by atoms with van der Waals surface area (Å²) < 4.78 is 4.66. The minimum absolute atomic E-state index is 0.0762. The molecular weight excluding hydrogens is 176 g/mol. The van der Waals surface area contributed by atoms with Crippen LogP contribution in [0, 0.1) is 6.42 Å². The largest absolute Gasteiger partial charge is 0.466 e. The van der Waals surface area contributed by atoms with Crippen molar-refractivity contribution in [3.05, 3.63) is 6.42 Å². The second kappa shape index (κ2) is 7.16. The molecule has 0 fully saturated rings. The van der Waals surface area contributed by atoms with Gasteiger partial charge in [0.2, 0.25) is 0 Å². The van der Waals surface area contributed by atoms with Crippen LogP contribution in [0.4, 0.5) is 0 Å². The first-order chi connectivity index (χ1) is 5.66. The monoisotopic (exact) mass is 189 g/mol. The predicted octanol–water partition coefficient (Wildman–Crippen LogP) is 1.42. The summed E-state index contributed by atoms with van der Waals surface area (Å²) in [5.74, 6) is 0.343. The molecule has 69 valence electrons. The number of thioether (sulfide) groups is 1. The first-order valence-electron chi connectivity index (χ1n) is 3.80. The van der Waals surface area contributed by atoms with Gasteiger partial charge < -0.3 is 4.74 Å². The molecule has 0 aliphatic carbocycles. The number of hydrogen-bond acceptors (Lipinski definition) is 4. The molecule has 4 heteroatoms. The highest BCUT2D eigenvalue weighted by molar-refractivity contribution is 8.13. The lowest BCUT2D eigenvalue weighted by Crippen LogP contribution is -2.04. The summed E-state index contributed by atoms with van der Waals surface area (Å²) in [5.41, 5.74) is 0. The van der Waals surface area contributed by atoms with Gasteiger partial charge in [-0.15, -0.1) is 0 Å². The third-order valence-corrected chi connectivity index (χ3v) is 1.87. The Kier molecular flexibility index (Phi) is 6.85. The summed E-state index contributed by atoms with van der Waals surface area (Å²) >= 11 is 1.21. The highest BCUT2D eigenvalue weighted by Crippen LogP contribution is 2.04. The van der Waals surface area contributed by atoms with E-state index in [-0.39, 0.29) is 11.1 Å². The molecule has 0 aliphatic rings. The lowest BCUT2D eigenvalue weighted by atomic mass is 10.3. The molecule has 1 radical (unpaired) electrons. The Bertz CT molecular complexity index is 156. The van der Waals surface area contributed by atoms with Gasteiger partial charge in [-0.25, -0.2) is 0 Å². The summed E-state index contributed by atoms with van der Waals surface area (Å²) in [5, 5.41) is 0.0762. The van der Waals surface area contributed by atoms with Crippen molar-refractivity contribution in [3.63, 3.8) is 0 Å². The van der Waals surface area contributed by atoms with E-state index >= 15 is 0 Å². The van der Waals surface area contributed by atoms with E-state index in [2.05, 4.69) is 4.74 Å². The second-order valence-electron chi connectivity index (χ2n) is 2.08. The van der Waals surface area contributed by atoms with Crippen LogP contribution in [0.3, 0.4) is 0 Å². The first kappa shape index (κ1) is 11.5. The summed E-state index contributed by atoms with van der Waals surface area (Å²) in [6.07, 6.45) is 2.04. The molecule has 12 heavy (non-hydrogen) atoms. The molecule has 0 amide bonds. The predicted molar refractivity (Wildman–Crippen MR) is 48.7 cm³/mol. The molecule has 0 aromatic heterocycles. The van der Waals surface area contributed by atoms with Crippen molar-refractivity contribution in [3.8, 4) is 0 Å². The van der Waals surface area contributed by atoms with Crippen LogP contribution in [0.2, 0.25) is 0 Å². The van der Waals surface area contributed by atoms with Gasteiger partial charge in [-0.3, -0.25) is 9.59 Å². The number of esters is 1. The number of hydrogen-bond donors (Lipinski definition) is 0. The molecule has 0 unspecified atom stereocenters. The van der Waals surface area contributed by atoms with Crippen molar-refractivity contribution in [1.82, 2.24) is 0 Å². The van der Waals surface area contributed by atoms with Gasteiger partial charge >= 0.3 is 5.97 Å². The van der Waals surface area contributed by atoms with Crippen LogP contribution in [-0.2, 0) is 14.3 Å². The molecule has 0 bridgehead atoms. The van der Waals surface area contributed by atoms with Crippen LogP contribution >= 0.6 is 11.8 Å². The Morgan fingerprint density at radius 3 is 2.67 bits per heavy atom. The van der Waals surface area contributed by atoms with Gasteiger partial charge in [0.1, 0.15) is 0 Å². The van der Waals surface area contributed by atoms with E-state index in [0.717, 1.165) is 0 Å². The van der Waals surface area contributed by atoms with Crippen molar-refractivity contribution in [2.75, 3.05) is 12.4 Å². The highest BCUT2D eigenvalue weighted by Gasteiger charge is 2.02. The Morgan fingerprint density at radius 2 is 2.17 bits per heavy atom. The average Bonchev–Trinajstić information content (AvgIpc) is 1.98. The Labute approximate surface area is 76.9 Å². The van der Waals surface area contributed by atoms with Crippen molar-refractivity contribution in [2.24, 2.45) is 0 Å². The third-order valence-electron chi connectivity index (χ3n) is 1.02. The molecule has 0 heterocycles. The number of carbonyl (C=O) groups excluding carboxylic acids is 2. The van der Waals surface area contributed by atoms with Crippen LogP contribution in [0.25, 0.3) is 0 Å². The van der Waals surface area contributed by atoms with Crippen LogP contribution in [0.5, 0.6) is 0 Å². The van der Waals surface area contributed by atoms with Gasteiger partial charge in [-0.2, -0.15) is 0 Å². The van der Waals surface area contributed by atoms with Crippen molar-refractivity contribution >= 4 is 22.8 Å². The van der Waals surface area contributed by atoms with Crippen molar-refractivity contribution in [2.45, 2.75) is 20.3 Å². The summed E-state index contributed by atoms with van der Waals surface area (Å²) in [6.45, 7) is 3.67. The molecule has 0 aromatic rings. The fraction of sp³-hybridized carbons (Fsp3) is 0.625.